The molecule has 0 aromatic heterocycles. The second kappa shape index (κ2) is 20.8. The van der Waals surface area contributed by atoms with Crippen molar-refractivity contribution in [1.29, 1.82) is 0 Å². The summed E-state index contributed by atoms with van der Waals surface area (Å²) in [7, 11) is 0. The zero-order chi connectivity index (χ0) is 46.1. The van der Waals surface area contributed by atoms with Gasteiger partial charge in [0.25, 0.3) is 0 Å². The van der Waals surface area contributed by atoms with Crippen LogP contribution >= 0.6 is 46.4 Å². The van der Waals surface area contributed by atoms with Crippen LogP contribution < -0.4 is 0 Å². The van der Waals surface area contributed by atoms with Crippen molar-refractivity contribution >= 4 is 70.2 Å². The Balaban J connectivity index is 0.000000212. The molecule has 2 aliphatic heterocycles. The molecule has 0 spiro atoms. The summed E-state index contributed by atoms with van der Waals surface area (Å²) < 4.78 is 0. The number of likely N-dealkylation sites (tertiary alicyclic amines) is 2. The van der Waals surface area contributed by atoms with E-state index in [2.05, 4.69) is 13.8 Å². The van der Waals surface area contributed by atoms with Crippen molar-refractivity contribution < 1.29 is 29.4 Å². The summed E-state index contributed by atoms with van der Waals surface area (Å²) in [6.45, 7) is 8.06. The molecule has 4 aromatic carbocycles. The third-order valence-electron chi connectivity index (χ3n) is 14.4. The first-order chi connectivity index (χ1) is 30.4. The van der Waals surface area contributed by atoms with E-state index in [0.717, 1.165) is 60.8 Å². The molecule has 4 fully saturated rings. The van der Waals surface area contributed by atoms with Gasteiger partial charge in [-0.05, 0) is 134 Å². The molecule has 8 nitrogen and oxygen atoms in total. The Morgan fingerprint density at radius 3 is 1.20 bits per heavy atom. The molecule has 2 saturated heterocycles. The highest BCUT2D eigenvalue weighted by atomic mass is 35.5. The lowest BCUT2D eigenvalue weighted by Gasteiger charge is -2.51. The number of piperidine rings is 2. The zero-order valence-electron chi connectivity index (χ0n) is 36.9. The summed E-state index contributed by atoms with van der Waals surface area (Å²) in [6, 6.07) is 30.6. The van der Waals surface area contributed by atoms with Crippen LogP contribution in [-0.2, 0) is 19.2 Å². The van der Waals surface area contributed by atoms with E-state index in [1.807, 2.05) is 121 Å². The minimum atomic E-state index is -0.979. The van der Waals surface area contributed by atoms with Gasteiger partial charge in [-0.2, -0.15) is 0 Å². The highest BCUT2D eigenvalue weighted by molar-refractivity contribution is 6.31. The molecule has 4 aliphatic rings. The van der Waals surface area contributed by atoms with Gasteiger partial charge in [-0.25, -0.2) is 0 Å². The number of hydrogen-bond donors (Lipinski definition) is 2. The number of amides is 2. The molecular formula is C53H62Cl4N2O6. The standard InChI is InChI=1S/2C26H29Cl2NO3.CH4/c2*1-16-6-11-21(12-16)29-24(17-7-9-19(27)10-8-17)22(18-4-3-5-20(28)13-18)14-26(2,25(29)32)15-23(30)31;/h2*3-5,7-10,13,16,21-22,24H,6,11-12,14-15H2,1-2H3,(H,30,31);1H4/t16-,21?,22+,24+,26?;16-,21?,22-,24-,26?;/m01./s1. The topological polar surface area (TPSA) is 115 Å². The van der Waals surface area contributed by atoms with Crippen LogP contribution in [0.4, 0.5) is 0 Å². The molecule has 0 bridgehead atoms. The lowest BCUT2D eigenvalue weighted by molar-refractivity contribution is -0.160. The van der Waals surface area contributed by atoms with Gasteiger partial charge in [-0.3, -0.25) is 19.2 Å². The molecule has 2 amide bonds. The Labute approximate surface area is 404 Å². The van der Waals surface area contributed by atoms with E-state index in [1.54, 1.807) is 0 Å². The Kier molecular flexibility index (Phi) is 16.1. The maximum Gasteiger partial charge on any atom is 0.304 e. The van der Waals surface area contributed by atoms with Gasteiger partial charge < -0.3 is 20.0 Å². The normalized spacial score (nSPS) is 30.0. The number of halogens is 4. The number of carbonyl (C=O) groups excluding carboxylic acids is 2. The van der Waals surface area contributed by atoms with Gasteiger partial charge >= 0.3 is 11.9 Å². The van der Waals surface area contributed by atoms with Gasteiger partial charge in [-0.15, -0.1) is 0 Å². The third-order valence-corrected chi connectivity index (χ3v) is 15.4. The minimum Gasteiger partial charge on any atom is -0.481 e. The molecule has 12 heteroatoms. The number of carboxylic acid groups (broad SMARTS) is 2. The molecule has 2 aliphatic carbocycles. The molecule has 10 atom stereocenters. The predicted molar refractivity (Wildman–Crippen MR) is 261 cm³/mol. The van der Waals surface area contributed by atoms with Crippen LogP contribution in [0.2, 0.25) is 20.1 Å². The summed E-state index contributed by atoms with van der Waals surface area (Å²) >= 11 is 25.1. The summed E-state index contributed by atoms with van der Waals surface area (Å²) in [5.74, 6) is -1.09. The Morgan fingerprint density at radius 1 is 0.554 bits per heavy atom. The maximum atomic E-state index is 14.0. The zero-order valence-corrected chi connectivity index (χ0v) is 39.9. The maximum absolute atomic E-state index is 14.0. The largest absolute Gasteiger partial charge is 0.481 e. The van der Waals surface area contributed by atoms with Gasteiger partial charge in [0.05, 0.1) is 35.8 Å². The van der Waals surface area contributed by atoms with Gasteiger partial charge in [0, 0.05) is 44.0 Å². The first-order valence-electron chi connectivity index (χ1n) is 22.5. The molecule has 0 radical (unpaired) electrons. The SMILES string of the molecule is C.C[C@@H]1CCC(N2C(=O)C(C)(CC(=O)O)C[C@H](c3cccc(Cl)c3)[C@H]2c2ccc(Cl)cc2)C1.C[C@H]1CCC(N2C(=O)C(C)(CC(=O)O)C[C@H](c3cccc(Cl)c3)[C@H]2c2ccc(Cl)cc2)C1. The molecule has 348 valence electrons. The molecular weight excluding hydrogens is 902 g/mol. The Bertz CT molecular complexity index is 2180. The average Bonchev–Trinajstić information content (AvgIpc) is 3.87. The van der Waals surface area contributed by atoms with Crippen LogP contribution in [0.25, 0.3) is 0 Å². The van der Waals surface area contributed by atoms with E-state index in [0.29, 0.717) is 44.8 Å². The third kappa shape index (κ3) is 11.2. The van der Waals surface area contributed by atoms with Crippen LogP contribution in [0.3, 0.4) is 0 Å². The molecule has 4 aromatic rings. The van der Waals surface area contributed by atoms with Gasteiger partial charge in [-0.1, -0.05) is 130 Å². The van der Waals surface area contributed by atoms with Crippen LogP contribution in [-0.4, -0.2) is 55.8 Å². The Morgan fingerprint density at radius 2 is 0.908 bits per heavy atom. The lowest BCUT2D eigenvalue weighted by atomic mass is 9.67. The van der Waals surface area contributed by atoms with Crippen molar-refractivity contribution in [3.63, 3.8) is 0 Å². The van der Waals surface area contributed by atoms with E-state index in [4.69, 9.17) is 46.4 Å². The van der Waals surface area contributed by atoms with Crippen LogP contribution in [0.5, 0.6) is 0 Å². The van der Waals surface area contributed by atoms with Crippen molar-refractivity contribution in [3.05, 3.63) is 139 Å². The number of aliphatic carboxylic acids is 2. The second-order valence-corrected chi connectivity index (χ2v) is 21.3. The molecule has 2 N–H and O–H groups in total. The molecule has 2 saturated carbocycles. The second-order valence-electron chi connectivity index (χ2n) is 19.6. The monoisotopic (exact) mass is 962 g/mol. The first kappa shape index (κ1) is 50.3. The van der Waals surface area contributed by atoms with Gasteiger partial charge in [0.1, 0.15) is 0 Å². The highest BCUT2D eigenvalue weighted by Crippen LogP contribution is 2.55. The van der Waals surface area contributed by atoms with Crippen molar-refractivity contribution in [3.8, 4) is 0 Å². The number of carboxylic acids is 2. The van der Waals surface area contributed by atoms with Gasteiger partial charge in [0.15, 0.2) is 0 Å². The smallest absolute Gasteiger partial charge is 0.304 e. The number of nitrogens with zero attached hydrogens (tertiary/aromatic N) is 2. The first-order valence-corrected chi connectivity index (χ1v) is 24.0. The van der Waals surface area contributed by atoms with Crippen molar-refractivity contribution in [2.45, 2.75) is 135 Å². The van der Waals surface area contributed by atoms with Crippen LogP contribution in [0.15, 0.2) is 97.1 Å². The quantitative estimate of drug-likeness (QED) is 0.164. The molecule has 65 heavy (non-hydrogen) atoms. The number of hydrogen-bond acceptors (Lipinski definition) is 4. The fourth-order valence-corrected chi connectivity index (χ4v) is 12.1. The lowest BCUT2D eigenvalue weighted by Crippen LogP contribution is -2.55. The van der Waals surface area contributed by atoms with E-state index >= 15 is 0 Å². The molecule has 2 heterocycles. The van der Waals surface area contributed by atoms with Crippen molar-refractivity contribution in [2.75, 3.05) is 0 Å². The van der Waals surface area contributed by atoms with E-state index < -0.39 is 22.8 Å². The Hall–Kier alpha value is -4.08. The summed E-state index contributed by atoms with van der Waals surface area (Å²) in [6.07, 6.45) is 6.39. The number of benzene rings is 4. The summed E-state index contributed by atoms with van der Waals surface area (Å²) in [5.41, 5.74) is 2.13. The van der Waals surface area contributed by atoms with Gasteiger partial charge in [0.2, 0.25) is 11.8 Å². The molecule has 8 rings (SSSR count). The fourth-order valence-electron chi connectivity index (χ4n) is 11.4. The van der Waals surface area contributed by atoms with E-state index in [-0.39, 0.29) is 68.1 Å². The fraction of sp³-hybridized carbons (Fsp3) is 0.472. The van der Waals surface area contributed by atoms with E-state index in [1.165, 1.54) is 0 Å². The van der Waals surface area contributed by atoms with Crippen molar-refractivity contribution in [2.24, 2.45) is 22.7 Å². The number of rotatable bonds is 10. The number of carbonyl (C=O) groups is 4. The van der Waals surface area contributed by atoms with Crippen LogP contribution in [0.1, 0.15) is 146 Å². The van der Waals surface area contributed by atoms with Crippen LogP contribution in [0, 0.1) is 22.7 Å². The highest BCUT2D eigenvalue weighted by Gasteiger charge is 2.54. The summed E-state index contributed by atoms with van der Waals surface area (Å²) in [5, 5.41) is 21.9. The molecule has 4 unspecified atom stereocenters. The minimum absolute atomic E-state index is 0. The predicted octanol–water partition coefficient (Wildman–Crippen LogP) is 14.1. The average molecular weight is 965 g/mol. The van der Waals surface area contributed by atoms with E-state index in [9.17, 15) is 29.4 Å². The summed E-state index contributed by atoms with van der Waals surface area (Å²) in [4.78, 5) is 55.6. The van der Waals surface area contributed by atoms with Crippen molar-refractivity contribution in [1.82, 2.24) is 9.80 Å².